The Morgan fingerprint density at radius 3 is 2.36 bits per heavy atom. The highest BCUT2D eigenvalue weighted by Gasteiger charge is 2.23. The second-order valence-electron chi connectivity index (χ2n) is 4.62. The van der Waals surface area contributed by atoms with Crippen LogP contribution in [0.4, 0.5) is 0 Å². The van der Waals surface area contributed by atoms with Crippen LogP contribution >= 0.6 is 12.4 Å². The lowest BCUT2D eigenvalue weighted by molar-refractivity contribution is 0.421. The zero-order valence-electron chi connectivity index (χ0n) is 12.1. The van der Waals surface area contributed by atoms with Crippen LogP contribution in [0, 0.1) is 0 Å². The molecule has 22 heavy (non-hydrogen) atoms. The predicted octanol–water partition coefficient (Wildman–Crippen LogP) is 1.70. The van der Waals surface area contributed by atoms with E-state index >= 15 is 0 Å². The van der Waals surface area contributed by atoms with Crippen LogP contribution in [0.1, 0.15) is 5.56 Å². The summed E-state index contributed by atoms with van der Waals surface area (Å²) in [6.45, 7) is 0.983. The molecule has 0 atom stereocenters. The number of nitrogens with zero attached hydrogens (tertiary/aromatic N) is 2. The van der Waals surface area contributed by atoms with Gasteiger partial charge >= 0.3 is 0 Å². The molecule has 120 valence electrons. The van der Waals surface area contributed by atoms with Gasteiger partial charge in [-0.3, -0.25) is 4.98 Å². The predicted molar refractivity (Wildman–Crippen MR) is 89.4 cm³/mol. The van der Waals surface area contributed by atoms with Crippen molar-refractivity contribution in [2.24, 2.45) is 5.73 Å². The van der Waals surface area contributed by atoms with Gasteiger partial charge in [0.05, 0.1) is 0 Å². The molecule has 0 aliphatic heterocycles. The lowest BCUT2D eigenvalue weighted by Gasteiger charge is -2.21. The largest absolute Gasteiger partial charge is 0.329 e. The minimum absolute atomic E-state index is 0. The van der Waals surface area contributed by atoms with Crippen molar-refractivity contribution in [3.8, 4) is 0 Å². The molecule has 1 heterocycles. The Hall–Kier alpha value is -1.47. The zero-order chi connectivity index (χ0) is 15.1. The Labute approximate surface area is 137 Å². The summed E-state index contributed by atoms with van der Waals surface area (Å²) >= 11 is 0. The van der Waals surface area contributed by atoms with Gasteiger partial charge in [0.2, 0.25) is 10.0 Å². The fourth-order valence-corrected chi connectivity index (χ4v) is 3.46. The van der Waals surface area contributed by atoms with Crippen LogP contribution in [0.5, 0.6) is 0 Å². The topological polar surface area (TPSA) is 76.3 Å². The van der Waals surface area contributed by atoms with Crippen LogP contribution in [0.15, 0.2) is 59.8 Å². The minimum atomic E-state index is -3.54. The zero-order valence-corrected chi connectivity index (χ0v) is 13.8. The first kappa shape index (κ1) is 18.6. The van der Waals surface area contributed by atoms with Crippen LogP contribution in [-0.2, 0) is 16.4 Å². The summed E-state index contributed by atoms with van der Waals surface area (Å²) < 4.78 is 26.6. The molecule has 0 aliphatic rings. The van der Waals surface area contributed by atoms with E-state index in [4.69, 9.17) is 5.73 Å². The van der Waals surface area contributed by atoms with E-state index < -0.39 is 10.0 Å². The Morgan fingerprint density at radius 1 is 1.05 bits per heavy atom. The molecule has 0 unspecified atom stereocenters. The number of benzene rings is 1. The average molecular weight is 342 g/mol. The molecule has 2 rings (SSSR count). The third-order valence-corrected chi connectivity index (χ3v) is 5.03. The van der Waals surface area contributed by atoms with Gasteiger partial charge in [0.25, 0.3) is 0 Å². The molecule has 0 spiro atoms. The summed E-state index contributed by atoms with van der Waals surface area (Å²) in [5, 5.41) is 0. The fraction of sp³-hybridized carbons (Fsp3) is 0.267. The standard InChI is InChI=1S/C15H19N3O2S.ClH/c16-9-12-18(11-8-14-5-2-1-3-6-14)21(19,20)15-7-4-10-17-13-15;/h1-7,10,13H,8-9,11-12,16H2;1H. The van der Waals surface area contributed by atoms with Crippen molar-refractivity contribution in [3.63, 3.8) is 0 Å². The molecule has 0 fully saturated rings. The van der Waals surface area contributed by atoms with E-state index in [0.29, 0.717) is 19.5 Å². The van der Waals surface area contributed by atoms with Gasteiger partial charge in [-0.25, -0.2) is 8.42 Å². The molecular weight excluding hydrogens is 322 g/mol. The number of hydrogen-bond donors (Lipinski definition) is 1. The summed E-state index contributed by atoms with van der Waals surface area (Å²) in [4.78, 5) is 4.08. The molecule has 0 radical (unpaired) electrons. The van der Waals surface area contributed by atoms with Crippen molar-refractivity contribution in [2.75, 3.05) is 19.6 Å². The SMILES string of the molecule is Cl.NCCN(CCc1ccccc1)S(=O)(=O)c1cccnc1. The maximum atomic E-state index is 12.6. The molecule has 5 nitrogen and oxygen atoms in total. The maximum Gasteiger partial charge on any atom is 0.244 e. The third-order valence-electron chi connectivity index (χ3n) is 3.14. The van der Waals surface area contributed by atoms with Gasteiger partial charge < -0.3 is 5.73 Å². The highest BCUT2D eigenvalue weighted by molar-refractivity contribution is 7.89. The van der Waals surface area contributed by atoms with Crippen molar-refractivity contribution in [1.29, 1.82) is 0 Å². The number of aromatic nitrogens is 1. The van der Waals surface area contributed by atoms with E-state index in [-0.39, 0.29) is 23.8 Å². The number of sulfonamides is 1. The molecule has 0 saturated heterocycles. The van der Waals surface area contributed by atoms with Crippen molar-refractivity contribution in [1.82, 2.24) is 9.29 Å². The number of pyridine rings is 1. The van der Waals surface area contributed by atoms with Gasteiger partial charge in [-0.05, 0) is 24.1 Å². The van der Waals surface area contributed by atoms with Gasteiger partial charge in [0.1, 0.15) is 4.90 Å². The second-order valence-corrected chi connectivity index (χ2v) is 6.56. The van der Waals surface area contributed by atoms with Crippen LogP contribution in [0.3, 0.4) is 0 Å². The van der Waals surface area contributed by atoms with Crippen molar-refractivity contribution >= 4 is 22.4 Å². The van der Waals surface area contributed by atoms with E-state index in [9.17, 15) is 8.42 Å². The highest BCUT2D eigenvalue weighted by Crippen LogP contribution is 2.14. The maximum absolute atomic E-state index is 12.6. The molecule has 2 N–H and O–H groups in total. The molecule has 1 aromatic carbocycles. The number of rotatable bonds is 7. The number of hydrogen-bond acceptors (Lipinski definition) is 4. The molecule has 0 saturated carbocycles. The van der Waals surface area contributed by atoms with Crippen molar-refractivity contribution < 1.29 is 8.42 Å². The first-order valence-corrected chi connectivity index (χ1v) is 8.23. The molecule has 7 heteroatoms. The normalized spacial score (nSPS) is 11.2. The summed E-state index contributed by atoms with van der Waals surface area (Å²) in [7, 11) is -3.54. The summed E-state index contributed by atoms with van der Waals surface area (Å²) in [5.41, 5.74) is 6.65. The Bertz CT molecular complexity index is 651. The second kappa shape index (κ2) is 8.85. The Morgan fingerprint density at radius 2 is 1.77 bits per heavy atom. The lowest BCUT2D eigenvalue weighted by atomic mass is 10.1. The van der Waals surface area contributed by atoms with Crippen molar-refractivity contribution in [3.05, 3.63) is 60.4 Å². The van der Waals surface area contributed by atoms with Gasteiger partial charge in [-0.2, -0.15) is 4.31 Å². The molecular formula is C15H20ClN3O2S. The highest BCUT2D eigenvalue weighted by atomic mass is 35.5. The minimum Gasteiger partial charge on any atom is -0.329 e. The monoisotopic (exact) mass is 341 g/mol. The van der Waals surface area contributed by atoms with Crippen molar-refractivity contribution in [2.45, 2.75) is 11.3 Å². The van der Waals surface area contributed by atoms with Gasteiger partial charge in [0.15, 0.2) is 0 Å². The number of nitrogens with two attached hydrogens (primary N) is 1. The van der Waals surface area contributed by atoms with Crippen LogP contribution in [0.25, 0.3) is 0 Å². The van der Waals surface area contributed by atoms with E-state index in [2.05, 4.69) is 4.98 Å². The van der Waals surface area contributed by atoms with E-state index in [1.807, 2.05) is 30.3 Å². The van der Waals surface area contributed by atoms with Crippen LogP contribution in [0.2, 0.25) is 0 Å². The van der Waals surface area contributed by atoms with Gasteiger partial charge in [-0.1, -0.05) is 30.3 Å². The average Bonchev–Trinajstić information content (AvgIpc) is 2.53. The van der Waals surface area contributed by atoms with Crippen LogP contribution < -0.4 is 5.73 Å². The smallest absolute Gasteiger partial charge is 0.244 e. The number of halogens is 1. The quantitative estimate of drug-likeness (QED) is 0.831. The molecule has 0 aliphatic carbocycles. The fourth-order valence-electron chi connectivity index (χ4n) is 2.04. The lowest BCUT2D eigenvalue weighted by Crippen LogP contribution is -2.37. The van der Waals surface area contributed by atoms with E-state index in [1.54, 1.807) is 18.3 Å². The Kier molecular flexibility index (Phi) is 7.47. The first-order valence-electron chi connectivity index (χ1n) is 6.79. The third kappa shape index (κ3) is 4.78. The summed E-state index contributed by atoms with van der Waals surface area (Å²) in [6.07, 6.45) is 3.57. The van der Waals surface area contributed by atoms with Gasteiger partial charge in [-0.15, -0.1) is 12.4 Å². The van der Waals surface area contributed by atoms with Crippen LogP contribution in [-0.4, -0.2) is 37.3 Å². The molecule has 0 amide bonds. The van der Waals surface area contributed by atoms with Gasteiger partial charge in [0, 0.05) is 32.0 Å². The first-order chi connectivity index (χ1) is 10.1. The van der Waals surface area contributed by atoms with E-state index in [1.165, 1.54) is 10.5 Å². The van der Waals surface area contributed by atoms with E-state index in [0.717, 1.165) is 5.56 Å². The molecule has 2 aromatic rings. The molecule has 1 aromatic heterocycles. The Balaban J connectivity index is 0.00000242. The summed E-state index contributed by atoms with van der Waals surface area (Å²) in [6, 6.07) is 13.0. The molecule has 0 bridgehead atoms. The summed E-state index contributed by atoms with van der Waals surface area (Å²) in [5.74, 6) is 0.